The molecule has 0 fully saturated rings. The first-order chi connectivity index (χ1) is 8.54. The molecule has 1 rings (SSSR count). The monoisotopic (exact) mass is 289 g/mol. The molecule has 7 heteroatoms. The normalized spacial score (nSPS) is 12.2. The summed E-state index contributed by atoms with van der Waals surface area (Å²) in [6.45, 7) is 3.77. The van der Waals surface area contributed by atoms with E-state index >= 15 is 0 Å². The topological polar surface area (TPSA) is 56.8 Å². The first-order valence-electron chi connectivity index (χ1n) is 5.35. The van der Waals surface area contributed by atoms with Gasteiger partial charge in [0.05, 0.1) is 13.2 Å². The summed E-state index contributed by atoms with van der Waals surface area (Å²) in [5.41, 5.74) is 0.358. The number of carbonyl (C=O) groups is 1. The van der Waals surface area contributed by atoms with Crippen molar-refractivity contribution in [2.75, 3.05) is 7.11 Å². The van der Waals surface area contributed by atoms with E-state index in [4.69, 9.17) is 21.1 Å². The van der Waals surface area contributed by atoms with E-state index in [1.165, 1.54) is 7.11 Å². The molecule has 0 saturated heterocycles. The second kappa shape index (κ2) is 7.48. The van der Waals surface area contributed by atoms with Crippen LogP contribution in [0.3, 0.4) is 0 Å². The molecule has 0 radical (unpaired) electrons. The minimum Gasteiger partial charge on any atom is -0.490 e. The van der Waals surface area contributed by atoms with E-state index in [2.05, 4.69) is 10.1 Å². The first kappa shape index (κ1) is 15.1. The Kier molecular flexibility index (Phi) is 6.29. The number of nitrogens with one attached hydrogen (secondary N) is 1. The van der Waals surface area contributed by atoms with Crippen molar-refractivity contribution in [3.8, 4) is 5.75 Å². The minimum absolute atomic E-state index is 0.0238. The van der Waals surface area contributed by atoms with Crippen LogP contribution in [0.1, 0.15) is 24.2 Å². The van der Waals surface area contributed by atoms with Gasteiger partial charge in [-0.15, -0.1) is 5.25 Å². The number of hydrogen-bond acceptors (Lipinski definition) is 5. The fourth-order valence-corrected chi connectivity index (χ4v) is 2.20. The predicted octanol–water partition coefficient (Wildman–Crippen LogP) is 2.29. The molecular formula is C11H16NO4PS. The largest absolute Gasteiger partial charge is 0.490 e. The van der Waals surface area contributed by atoms with Crippen molar-refractivity contribution in [2.24, 2.45) is 0 Å². The first-order valence-corrected chi connectivity index (χ1v) is 7.89. The maximum atomic E-state index is 11.9. The van der Waals surface area contributed by atoms with Crippen LogP contribution in [-0.2, 0) is 21.2 Å². The van der Waals surface area contributed by atoms with Gasteiger partial charge in [0.25, 0.3) is 0 Å². The van der Waals surface area contributed by atoms with E-state index in [1.54, 1.807) is 24.3 Å². The van der Waals surface area contributed by atoms with Gasteiger partial charge in [0.2, 0.25) is 0 Å². The Morgan fingerprint density at radius 3 is 2.67 bits per heavy atom. The van der Waals surface area contributed by atoms with Gasteiger partial charge in [-0.2, -0.15) is 0 Å². The highest BCUT2D eigenvalue weighted by atomic mass is 32.4. The van der Waals surface area contributed by atoms with Crippen molar-refractivity contribution in [2.45, 2.75) is 20.0 Å². The number of rotatable bonds is 6. The number of hydrogen-bond donors (Lipinski definition) is 1. The fourth-order valence-electron chi connectivity index (χ4n) is 1.24. The molecule has 0 aliphatic carbocycles. The number of ether oxygens (including phenoxy) is 1. The Hall–Kier alpha value is -0.940. The van der Waals surface area contributed by atoms with Crippen LogP contribution in [0.25, 0.3) is 0 Å². The van der Waals surface area contributed by atoms with Crippen LogP contribution in [0.2, 0.25) is 0 Å². The molecule has 0 aliphatic heterocycles. The van der Waals surface area contributed by atoms with Gasteiger partial charge < -0.3 is 9.26 Å². The predicted molar refractivity (Wildman–Crippen MR) is 73.4 cm³/mol. The minimum atomic E-state index is -1.93. The number of carbonyl (C=O) groups excluding carboxylic acids is 1. The summed E-state index contributed by atoms with van der Waals surface area (Å²) in [7, 11) is -0.508. The smallest absolute Gasteiger partial charge is 0.346 e. The van der Waals surface area contributed by atoms with Crippen molar-refractivity contribution in [1.29, 1.82) is 0 Å². The zero-order valence-corrected chi connectivity index (χ0v) is 12.2. The molecule has 0 aliphatic rings. The van der Waals surface area contributed by atoms with Crippen molar-refractivity contribution in [3.63, 3.8) is 0 Å². The lowest BCUT2D eigenvalue weighted by molar-refractivity contribution is 0.0727. The van der Waals surface area contributed by atoms with E-state index in [1.807, 2.05) is 13.8 Å². The number of benzene rings is 1. The second-order valence-electron chi connectivity index (χ2n) is 3.65. The molecule has 1 N–H and O–H groups in total. The third-order valence-corrected chi connectivity index (χ3v) is 3.08. The van der Waals surface area contributed by atoms with Gasteiger partial charge in [-0.25, -0.2) is 4.79 Å². The van der Waals surface area contributed by atoms with Crippen LogP contribution in [0.5, 0.6) is 5.75 Å². The van der Waals surface area contributed by atoms with Crippen LogP contribution in [-0.4, -0.2) is 19.2 Å². The molecule has 0 bridgehead atoms. The lowest BCUT2D eigenvalue weighted by Crippen LogP contribution is -2.12. The van der Waals surface area contributed by atoms with Crippen LogP contribution in [0.15, 0.2) is 24.3 Å². The molecule has 1 aromatic rings. The maximum absolute atomic E-state index is 11.9. The molecule has 0 saturated carbocycles. The van der Waals surface area contributed by atoms with Gasteiger partial charge in [-0.05, 0) is 37.8 Å². The molecular weight excluding hydrogens is 273 g/mol. The molecule has 1 unspecified atom stereocenters. The fraction of sp³-hybridized carbons (Fsp3) is 0.364. The number of para-hydroxylation sites is 1. The van der Waals surface area contributed by atoms with Crippen LogP contribution >= 0.6 is 7.07 Å². The van der Waals surface area contributed by atoms with Crippen molar-refractivity contribution in [1.82, 2.24) is 5.25 Å². The Morgan fingerprint density at radius 1 is 1.39 bits per heavy atom. The van der Waals surface area contributed by atoms with E-state index in [-0.39, 0.29) is 6.10 Å². The van der Waals surface area contributed by atoms with E-state index in [0.29, 0.717) is 11.3 Å². The third-order valence-electron chi connectivity index (χ3n) is 1.84. The summed E-state index contributed by atoms with van der Waals surface area (Å²) in [5, 5.41) is 2.44. The van der Waals surface area contributed by atoms with Gasteiger partial charge in [-0.1, -0.05) is 12.1 Å². The summed E-state index contributed by atoms with van der Waals surface area (Å²) in [5.74, 6) is -0.0283. The molecule has 1 aromatic carbocycles. The Morgan fingerprint density at radius 2 is 2.06 bits per heavy atom. The Bertz CT molecular complexity index is 439. The van der Waals surface area contributed by atoms with E-state index in [0.717, 1.165) is 0 Å². The molecule has 0 spiro atoms. The lowest BCUT2D eigenvalue weighted by atomic mass is 10.2. The molecule has 18 heavy (non-hydrogen) atoms. The van der Waals surface area contributed by atoms with Gasteiger partial charge in [0, 0.05) is 0 Å². The second-order valence-corrected chi connectivity index (χ2v) is 5.74. The van der Waals surface area contributed by atoms with Crippen molar-refractivity contribution >= 4 is 24.9 Å². The zero-order valence-electron chi connectivity index (χ0n) is 10.4. The Labute approximate surface area is 112 Å². The van der Waals surface area contributed by atoms with Crippen molar-refractivity contribution in [3.05, 3.63) is 29.8 Å². The summed E-state index contributed by atoms with van der Waals surface area (Å²) in [4.78, 5) is 16.5. The van der Waals surface area contributed by atoms with Crippen LogP contribution < -0.4 is 9.99 Å². The summed E-state index contributed by atoms with van der Waals surface area (Å²) in [6, 6.07) is 6.89. The summed E-state index contributed by atoms with van der Waals surface area (Å²) in [6.07, 6.45) is -0.0238. The zero-order chi connectivity index (χ0) is 13.5. The molecule has 100 valence electrons. The van der Waals surface area contributed by atoms with Crippen LogP contribution in [0, 0.1) is 0 Å². The third kappa shape index (κ3) is 4.74. The highest BCUT2D eigenvalue weighted by Crippen LogP contribution is 2.25. The Balaban J connectivity index is 2.81. The average Bonchev–Trinajstić information content (AvgIpc) is 2.28. The molecule has 0 heterocycles. The highest BCUT2D eigenvalue weighted by Gasteiger charge is 2.15. The van der Waals surface area contributed by atoms with Crippen molar-refractivity contribution < 1.29 is 18.9 Å². The van der Waals surface area contributed by atoms with Gasteiger partial charge in [0.15, 0.2) is 7.07 Å². The van der Waals surface area contributed by atoms with Crippen LogP contribution in [0.4, 0.5) is 0 Å². The summed E-state index contributed by atoms with van der Waals surface area (Å²) >= 11 is 4.93. The molecule has 5 nitrogen and oxygen atoms in total. The van der Waals surface area contributed by atoms with E-state index < -0.39 is 13.0 Å². The summed E-state index contributed by atoms with van der Waals surface area (Å²) < 4.78 is 10.6. The average molecular weight is 289 g/mol. The van der Waals surface area contributed by atoms with Gasteiger partial charge >= 0.3 is 5.97 Å². The maximum Gasteiger partial charge on any atom is 0.346 e. The highest BCUT2D eigenvalue weighted by molar-refractivity contribution is 8.02. The lowest BCUT2D eigenvalue weighted by Gasteiger charge is -2.14. The standard InChI is InChI=1S/C11H16NO4PS/c1-8(2)15-10-7-5-4-6-9(10)11(13)16-17(18)12-14-3/h4-8,17H,1-3H3,(H,12,18). The van der Waals surface area contributed by atoms with Gasteiger partial charge in [-0.3, -0.25) is 4.84 Å². The van der Waals surface area contributed by atoms with Gasteiger partial charge in [0.1, 0.15) is 11.3 Å². The molecule has 0 aromatic heterocycles. The van der Waals surface area contributed by atoms with E-state index in [9.17, 15) is 4.79 Å². The SMILES string of the molecule is CON[PH](=S)OC(=O)c1ccccc1OC(C)C. The molecule has 1 atom stereocenters. The molecule has 0 amide bonds. The quantitative estimate of drug-likeness (QED) is 0.640.